The molecule has 8 heteroatoms. The molecule has 47 heavy (non-hydrogen) atoms. The van der Waals surface area contributed by atoms with E-state index in [-0.39, 0.29) is 29.0 Å². The summed E-state index contributed by atoms with van der Waals surface area (Å²) in [5.74, 6) is 0.931. The van der Waals surface area contributed by atoms with Gasteiger partial charge in [0.25, 0.3) is 0 Å². The van der Waals surface area contributed by atoms with Gasteiger partial charge in [0.1, 0.15) is 6.61 Å². The molecule has 1 aliphatic heterocycles. The third-order valence-corrected chi connectivity index (χ3v) is 10.8. The highest BCUT2D eigenvalue weighted by Gasteiger charge is 2.49. The minimum atomic E-state index is -0.476. The first-order chi connectivity index (χ1) is 22.3. The van der Waals surface area contributed by atoms with E-state index in [1.165, 1.54) is 0 Å². The van der Waals surface area contributed by atoms with Gasteiger partial charge in [0.2, 0.25) is 0 Å². The van der Waals surface area contributed by atoms with E-state index in [0.29, 0.717) is 47.5 Å². The Hall–Kier alpha value is -2.81. The number of hydrogen-bond acceptors (Lipinski definition) is 5. The van der Waals surface area contributed by atoms with E-state index in [2.05, 4.69) is 73.4 Å². The normalized spacial score (nSPS) is 19.1. The lowest BCUT2D eigenvalue weighted by atomic mass is 9.63. The van der Waals surface area contributed by atoms with Crippen molar-refractivity contribution in [3.05, 3.63) is 114 Å². The standard InChI is InChI=1S/C39H40Cl2INO4/c1-6-46-33-16-25(15-28(42)37(33)47-22-24-12-13-26(40)27(41)14-24)34-35-29(17-38(2,3)19-31(35)44)43(21-23-10-8-7-9-11-23)30-18-39(4,5)20-32(45)36(30)34/h7-16,34H,6,17-22H2,1-5H3. The fourth-order valence-electron chi connectivity index (χ4n) is 7.28. The fraction of sp³-hybridized carbons (Fsp3) is 0.385. The summed E-state index contributed by atoms with van der Waals surface area (Å²) in [5.41, 5.74) is 6.07. The summed E-state index contributed by atoms with van der Waals surface area (Å²) in [6, 6.07) is 19.8. The third-order valence-electron chi connectivity index (χ3n) is 9.24. The third kappa shape index (κ3) is 7.02. The molecule has 0 bridgehead atoms. The van der Waals surface area contributed by atoms with E-state index in [4.69, 9.17) is 32.7 Å². The van der Waals surface area contributed by atoms with Crippen LogP contribution in [0.15, 0.2) is 83.2 Å². The van der Waals surface area contributed by atoms with Gasteiger partial charge in [0.05, 0.1) is 20.2 Å². The Morgan fingerprint density at radius 3 is 1.98 bits per heavy atom. The number of benzene rings is 3. The molecule has 0 saturated heterocycles. The van der Waals surface area contributed by atoms with Gasteiger partial charge in [-0.3, -0.25) is 9.59 Å². The van der Waals surface area contributed by atoms with Crippen molar-refractivity contribution in [2.45, 2.75) is 79.4 Å². The first kappa shape index (κ1) is 34.1. The maximum absolute atomic E-state index is 14.3. The van der Waals surface area contributed by atoms with E-state index >= 15 is 0 Å². The highest BCUT2D eigenvalue weighted by Crippen LogP contribution is 2.55. The van der Waals surface area contributed by atoms with Gasteiger partial charge in [-0.15, -0.1) is 0 Å². The van der Waals surface area contributed by atoms with Gasteiger partial charge in [0.15, 0.2) is 23.1 Å². The van der Waals surface area contributed by atoms with Crippen LogP contribution in [-0.4, -0.2) is 23.1 Å². The van der Waals surface area contributed by atoms with Crippen LogP contribution >= 0.6 is 45.8 Å². The average molecular weight is 785 g/mol. The molecule has 0 fully saturated rings. The van der Waals surface area contributed by atoms with E-state index in [0.717, 1.165) is 55.6 Å². The van der Waals surface area contributed by atoms with Gasteiger partial charge < -0.3 is 14.4 Å². The van der Waals surface area contributed by atoms with Gasteiger partial charge in [-0.1, -0.05) is 87.3 Å². The highest BCUT2D eigenvalue weighted by molar-refractivity contribution is 14.1. The Labute approximate surface area is 301 Å². The smallest absolute Gasteiger partial charge is 0.174 e. The monoisotopic (exact) mass is 783 g/mol. The van der Waals surface area contributed by atoms with Gasteiger partial charge in [-0.2, -0.15) is 0 Å². The van der Waals surface area contributed by atoms with Crippen molar-refractivity contribution in [1.82, 2.24) is 4.90 Å². The number of carbonyl (C=O) groups is 2. The first-order valence-corrected chi connectivity index (χ1v) is 18.0. The molecule has 1 heterocycles. The zero-order chi connectivity index (χ0) is 33.7. The second-order valence-electron chi connectivity index (χ2n) is 14.4. The van der Waals surface area contributed by atoms with Crippen LogP contribution in [0.25, 0.3) is 0 Å². The molecular weight excluding hydrogens is 744 g/mol. The summed E-state index contributed by atoms with van der Waals surface area (Å²) in [6.45, 7) is 11.9. The Bertz CT molecular complexity index is 1760. The predicted molar refractivity (Wildman–Crippen MR) is 196 cm³/mol. The lowest BCUT2D eigenvalue weighted by Gasteiger charge is -2.49. The van der Waals surface area contributed by atoms with Crippen LogP contribution in [0.5, 0.6) is 11.5 Å². The maximum Gasteiger partial charge on any atom is 0.174 e. The Morgan fingerprint density at radius 2 is 1.40 bits per heavy atom. The maximum atomic E-state index is 14.3. The molecule has 0 spiro atoms. The molecule has 2 aliphatic carbocycles. The van der Waals surface area contributed by atoms with E-state index < -0.39 is 5.92 Å². The largest absolute Gasteiger partial charge is 0.490 e. The summed E-state index contributed by atoms with van der Waals surface area (Å²) in [4.78, 5) is 30.9. The summed E-state index contributed by atoms with van der Waals surface area (Å²) in [7, 11) is 0. The van der Waals surface area contributed by atoms with E-state index in [9.17, 15) is 9.59 Å². The van der Waals surface area contributed by atoms with Crippen molar-refractivity contribution in [2.75, 3.05) is 6.61 Å². The number of Topliss-reactive ketones (excluding diaryl/α,β-unsaturated/α-hetero) is 2. The molecule has 6 rings (SSSR count). The Kier molecular flexibility index (Phi) is 9.60. The summed E-state index contributed by atoms with van der Waals surface area (Å²) >= 11 is 14.7. The molecule has 246 valence electrons. The minimum Gasteiger partial charge on any atom is -0.490 e. The number of ether oxygens (including phenoxy) is 2. The molecule has 5 nitrogen and oxygen atoms in total. The molecule has 3 aromatic rings. The van der Waals surface area contributed by atoms with Crippen molar-refractivity contribution >= 4 is 57.4 Å². The zero-order valence-corrected chi connectivity index (χ0v) is 31.2. The number of rotatable bonds is 8. The van der Waals surface area contributed by atoms with Crippen molar-refractivity contribution in [2.24, 2.45) is 10.8 Å². The van der Waals surface area contributed by atoms with E-state index in [1.807, 2.05) is 37.3 Å². The number of halogens is 3. The van der Waals surface area contributed by atoms with Crippen LogP contribution in [0.2, 0.25) is 10.0 Å². The van der Waals surface area contributed by atoms with Gasteiger partial charge in [-0.25, -0.2) is 0 Å². The summed E-state index contributed by atoms with van der Waals surface area (Å²) in [5, 5.41) is 0.957. The molecule has 3 aromatic carbocycles. The topological polar surface area (TPSA) is 55.8 Å². The molecular formula is C39H40Cl2INO4. The van der Waals surface area contributed by atoms with Gasteiger partial charge >= 0.3 is 0 Å². The number of ketones is 2. The second kappa shape index (κ2) is 13.2. The van der Waals surface area contributed by atoms with Gasteiger partial charge in [-0.05, 0) is 94.1 Å². The number of allylic oxidation sites excluding steroid dienone is 4. The Balaban J connectivity index is 1.50. The second-order valence-corrected chi connectivity index (χ2v) is 16.4. The summed E-state index contributed by atoms with van der Waals surface area (Å²) < 4.78 is 13.4. The minimum absolute atomic E-state index is 0.108. The molecule has 0 aromatic heterocycles. The Morgan fingerprint density at radius 1 is 0.787 bits per heavy atom. The molecule has 0 N–H and O–H groups in total. The van der Waals surface area contributed by atoms with Crippen LogP contribution in [0.4, 0.5) is 0 Å². The zero-order valence-electron chi connectivity index (χ0n) is 27.5. The number of nitrogens with zero attached hydrogens (tertiary/aromatic N) is 1. The van der Waals surface area contributed by atoms with E-state index in [1.54, 1.807) is 12.1 Å². The molecule has 0 amide bonds. The predicted octanol–water partition coefficient (Wildman–Crippen LogP) is 10.5. The summed E-state index contributed by atoms with van der Waals surface area (Å²) in [6.07, 6.45) is 2.38. The SMILES string of the molecule is CCOc1cc(C2C3=C(CC(C)(C)CC3=O)N(Cc3ccccc3)C3=C2C(=O)CC(C)(C)C3)cc(I)c1OCc1ccc(Cl)c(Cl)c1. The molecule has 0 atom stereocenters. The molecule has 0 saturated carbocycles. The fourth-order valence-corrected chi connectivity index (χ4v) is 8.38. The number of hydrogen-bond donors (Lipinski definition) is 0. The van der Waals surface area contributed by atoms with Crippen molar-refractivity contribution < 1.29 is 19.1 Å². The van der Waals surface area contributed by atoms with Crippen molar-refractivity contribution in [3.8, 4) is 11.5 Å². The van der Waals surface area contributed by atoms with Crippen LogP contribution < -0.4 is 9.47 Å². The molecule has 0 unspecified atom stereocenters. The molecule has 0 radical (unpaired) electrons. The lowest BCUT2D eigenvalue weighted by molar-refractivity contribution is -0.119. The number of carbonyl (C=O) groups excluding carboxylic acids is 2. The van der Waals surface area contributed by atoms with Crippen LogP contribution in [0.1, 0.15) is 82.9 Å². The quantitative estimate of drug-likeness (QED) is 0.213. The van der Waals surface area contributed by atoms with Crippen LogP contribution in [0, 0.1) is 14.4 Å². The highest BCUT2D eigenvalue weighted by atomic mass is 127. The van der Waals surface area contributed by atoms with Gasteiger partial charge in [0, 0.05) is 47.8 Å². The van der Waals surface area contributed by atoms with Crippen LogP contribution in [0.3, 0.4) is 0 Å². The lowest BCUT2D eigenvalue weighted by Crippen LogP contribution is -2.44. The van der Waals surface area contributed by atoms with Crippen molar-refractivity contribution in [1.29, 1.82) is 0 Å². The molecule has 3 aliphatic rings. The van der Waals surface area contributed by atoms with Crippen molar-refractivity contribution in [3.63, 3.8) is 0 Å². The first-order valence-electron chi connectivity index (χ1n) is 16.1. The van der Waals surface area contributed by atoms with Crippen LogP contribution in [-0.2, 0) is 22.7 Å². The average Bonchev–Trinajstić information content (AvgIpc) is 2.98.